The summed E-state index contributed by atoms with van der Waals surface area (Å²) in [5.41, 5.74) is 2.27. The molecule has 5 heteroatoms. The van der Waals surface area contributed by atoms with Gasteiger partial charge >= 0.3 is 6.09 Å². The van der Waals surface area contributed by atoms with Crippen LogP contribution in [-0.2, 0) is 11.2 Å². The summed E-state index contributed by atoms with van der Waals surface area (Å²) in [5, 5.41) is 3.39. The van der Waals surface area contributed by atoms with Gasteiger partial charge in [-0.3, -0.25) is 0 Å². The summed E-state index contributed by atoms with van der Waals surface area (Å²) in [5.74, 6) is 1.65. The first-order chi connectivity index (χ1) is 12.3. The van der Waals surface area contributed by atoms with Gasteiger partial charge in [0.15, 0.2) is 0 Å². The highest BCUT2D eigenvalue weighted by Crippen LogP contribution is 2.52. The summed E-state index contributed by atoms with van der Waals surface area (Å²) >= 11 is 0. The van der Waals surface area contributed by atoms with Crippen LogP contribution in [0.1, 0.15) is 51.3 Å². The van der Waals surface area contributed by atoms with Gasteiger partial charge in [0, 0.05) is 25.0 Å². The first-order valence-corrected chi connectivity index (χ1v) is 9.72. The van der Waals surface area contributed by atoms with Gasteiger partial charge in [-0.1, -0.05) is 12.1 Å². The number of carbonyl (C=O) groups is 1. The van der Waals surface area contributed by atoms with E-state index in [0.717, 1.165) is 50.4 Å². The van der Waals surface area contributed by atoms with E-state index in [1.807, 2.05) is 25.7 Å². The summed E-state index contributed by atoms with van der Waals surface area (Å²) in [6, 6.07) is 4.31. The maximum atomic E-state index is 12.1. The van der Waals surface area contributed by atoms with Gasteiger partial charge in [-0.05, 0) is 70.1 Å². The first-order valence-electron chi connectivity index (χ1n) is 9.72. The first kappa shape index (κ1) is 17.4. The quantitative estimate of drug-likeness (QED) is 0.868. The topological polar surface area (TPSA) is 54.5 Å². The van der Waals surface area contributed by atoms with Crippen LogP contribution in [0.5, 0.6) is 0 Å². The average Bonchev–Trinajstić information content (AvgIpc) is 2.50. The SMILES string of the molecule is CC(C)(C)OC(=O)N1CC2(CC(C=Cc3ccc4c(n3)NCCC4)C2)C1. The molecule has 1 saturated carbocycles. The van der Waals surface area contributed by atoms with Crippen LogP contribution in [-0.4, -0.2) is 41.2 Å². The number of nitrogens with one attached hydrogen (secondary N) is 1. The van der Waals surface area contributed by atoms with Gasteiger partial charge in [0.25, 0.3) is 0 Å². The third-order valence-electron chi connectivity index (χ3n) is 5.55. The highest BCUT2D eigenvalue weighted by atomic mass is 16.6. The molecule has 0 unspecified atom stereocenters. The Morgan fingerprint density at radius 1 is 1.35 bits per heavy atom. The van der Waals surface area contributed by atoms with Gasteiger partial charge in [0.1, 0.15) is 11.4 Å². The van der Waals surface area contributed by atoms with E-state index in [4.69, 9.17) is 9.72 Å². The van der Waals surface area contributed by atoms with E-state index in [1.165, 1.54) is 12.0 Å². The van der Waals surface area contributed by atoms with Crippen molar-refractivity contribution in [2.75, 3.05) is 25.0 Å². The van der Waals surface area contributed by atoms with Crippen LogP contribution in [0.25, 0.3) is 6.08 Å². The lowest BCUT2D eigenvalue weighted by molar-refractivity contribution is -0.0849. The van der Waals surface area contributed by atoms with Gasteiger partial charge in [0.05, 0.1) is 5.69 Å². The third kappa shape index (κ3) is 3.57. The maximum absolute atomic E-state index is 12.1. The molecule has 1 aliphatic carbocycles. The smallest absolute Gasteiger partial charge is 0.410 e. The fraction of sp³-hybridized carbons (Fsp3) is 0.619. The van der Waals surface area contributed by atoms with Gasteiger partial charge in [-0.2, -0.15) is 0 Å². The number of fused-ring (bicyclic) bond motifs is 1. The van der Waals surface area contributed by atoms with E-state index < -0.39 is 5.60 Å². The number of allylic oxidation sites excluding steroid dienone is 1. The molecule has 4 rings (SSSR count). The van der Waals surface area contributed by atoms with Crippen molar-refractivity contribution in [1.29, 1.82) is 0 Å². The number of hydrogen-bond acceptors (Lipinski definition) is 4. The van der Waals surface area contributed by atoms with Gasteiger partial charge < -0.3 is 15.0 Å². The van der Waals surface area contributed by atoms with Gasteiger partial charge in [0.2, 0.25) is 0 Å². The molecule has 26 heavy (non-hydrogen) atoms. The maximum Gasteiger partial charge on any atom is 0.410 e. The number of pyridine rings is 1. The fourth-order valence-electron chi connectivity index (χ4n) is 4.34. The molecule has 3 aliphatic rings. The minimum absolute atomic E-state index is 0.173. The molecular weight excluding hydrogens is 326 g/mol. The second-order valence-corrected chi connectivity index (χ2v) is 9.14. The molecule has 2 aliphatic heterocycles. The molecule has 5 nitrogen and oxygen atoms in total. The molecule has 3 heterocycles. The van der Waals surface area contributed by atoms with Crippen LogP contribution < -0.4 is 5.32 Å². The molecule has 140 valence electrons. The van der Waals surface area contributed by atoms with Crippen molar-refractivity contribution in [3.8, 4) is 0 Å². The monoisotopic (exact) mass is 355 g/mol. The van der Waals surface area contributed by atoms with Gasteiger partial charge in [-0.15, -0.1) is 0 Å². The number of aromatic nitrogens is 1. The van der Waals surface area contributed by atoms with Crippen LogP contribution in [0.15, 0.2) is 18.2 Å². The number of hydrogen-bond donors (Lipinski definition) is 1. The predicted octanol–water partition coefficient (Wildman–Crippen LogP) is 4.10. The molecule has 1 N–H and O–H groups in total. The third-order valence-corrected chi connectivity index (χ3v) is 5.55. The number of rotatable bonds is 2. The summed E-state index contributed by atoms with van der Waals surface area (Å²) < 4.78 is 5.44. The highest BCUT2D eigenvalue weighted by Gasteiger charge is 2.53. The number of nitrogens with zero attached hydrogens (tertiary/aromatic N) is 2. The van der Waals surface area contributed by atoms with Crippen LogP contribution in [0.4, 0.5) is 10.6 Å². The summed E-state index contributed by atoms with van der Waals surface area (Å²) in [6.07, 6.45) is 8.90. The normalized spacial score (nSPS) is 21.7. The molecular formula is C21H29N3O2. The van der Waals surface area contributed by atoms with E-state index >= 15 is 0 Å². The van der Waals surface area contributed by atoms with E-state index in [-0.39, 0.29) is 6.09 Å². The van der Waals surface area contributed by atoms with E-state index in [2.05, 4.69) is 29.6 Å². The van der Waals surface area contributed by atoms with E-state index in [1.54, 1.807) is 0 Å². The summed E-state index contributed by atoms with van der Waals surface area (Å²) in [6.45, 7) is 8.44. The highest BCUT2D eigenvalue weighted by molar-refractivity contribution is 5.69. The largest absolute Gasteiger partial charge is 0.444 e. The van der Waals surface area contributed by atoms with Crippen molar-refractivity contribution in [2.45, 2.75) is 52.1 Å². The molecule has 1 aromatic rings. The number of amides is 1. The molecule has 0 bridgehead atoms. The van der Waals surface area contributed by atoms with Crippen LogP contribution in [0, 0.1) is 11.3 Å². The standard InChI is InChI=1S/C21H29N3O2/c1-20(2,3)26-19(25)24-13-21(14-24)11-15(12-21)6-8-17-9-7-16-5-4-10-22-18(16)23-17/h6-9,15H,4-5,10-14H2,1-3H3,(H,22,23). The second-order valence-electron chi connectivity index (χ2n) is 9.14. The molecule has 2 fully saturated rings. The Bertz CT molecular complexity index is 721. The Labute approximate surface area is 155 Å². The summed E-state index contributed by atoms with van der Waals surface area (Å²) in [7, 11) is 0. The van der Waals surface area contributed by atoms with Crippen molar-refractivity contribution in [3.63, 3.8) is 0 Å². The van der Waals surface area contributed by atoms with E-state index in [9.17, 15) is 4.79 Å². The number of carbonyl (C=O) groups excluding carboxylic acids is 1. The molecule has 0 aromatic carbocycles. The number of likely N-dealkylation sites (tertiary alicyclic amines) is 1. The lowest BCUT2D eigenvalue weighted by atomic mass is 9.58. The van der Waals surface area contributed by atoms with Crippen molar-refractivity contribution in [3.05, 3.63) is 29.5 Å². The lowest BCUT2D eigenvalue weighted by Gasteiger charge is -2.58. The van der Waals surface area contributed by atoms with Crippen LogP contribution >= 0.6 is 0 Å². The zero-order valence-electron chi connectivity index (χ0n) is 16.0. The molecule has 1 saturated heterocycles. The number of anilines is 1. The number of aryl methyl sites for hydroxylation is 1. The number of ether oxygens (including phenoxy) is 1. The molecule has 1 aromatic heterocycles. The van der Waals surface area contributed by atoms with Crippen molar-refractivity contribution in [1.82, 2.24) is 9.88 Å². The Morgan fingerprint density at radius 2 is 2.12 bits per heavy atom. The predicted molar refractivity (Wildman–Crippen MR) is 103 cm³/mol. The van der Waals surface area contributed by atoms with Gasteiger partial charge in [-0.25, -0.2) is 9.78 Å². The molecule has 1 amide bonds. The Morgan fingerprint density at radius 3 is 2.85 bits per heavy atom. The van der Waals surface area contributed by atoms with Crippen LogP contribution in [0.2, 0.25) is 0 Å². The minimum atomic E-state index is -0.415. The van der Waals surface area contributed by atoms with Crippen molar-refractivity contribution >= 4 is 18.0 Å². The molecule has 1 spiro atoms. The van der Waals surface area contributed by atoms with Crippen LogP contribution in [0.3, 0.4) is 0 Å². The fourth-order valence-corrected chi connectivity index (χ4v) is 4.34. The summed E-state index contributed by atoms with van der Waals surface area (Å²) in [4.78, 5) is 18.6. The van der Waals surface area contributed by atoms with E-state index in [0.29, 0.717) is 11.3 Å². The molecule has 0 radical (unpaired) electrons. The Kier molecular flexibility index (Phi) is 4.20. The zero-order chi connectivity index (χ0) is 18.4. The molecule has 0 atom stereocenters. The lowest BCUT2D eigenvalue weighted by Crippen LogP contribution is -2.64. The van der Waals surface area contributed by atoms with Crippen molar-refractivity contribution < 1.29 is 9.53 Å². The second kappa shape index (κ2) is 6.29. The Balaban J connectivity index is 1.26. The average molecular weight is 355 g/mol. The van der Waals surface area contributed by atoms with Crippen molar-refractivity contribution in [2.24, 2.45) is 11.3 Å². The Hall–Kier alpha value is -2.04. The zero-order valence-corrected chi connectivity index (χ0v) is 16.0. The minimum Gasteiger partial charge on any atom is -0.444 e.